The van der Waals surface area contributed by atoms with Gasteiger partial charge in [0.2, 0.25) is 5.91 Å². The normalized spacial score (nSPS) is 22.4. The van der Waals surface area contributed by atoms with E-state index in [1.165, 1.54) is 0 Å². The highest BCUT2D eigenvalue weighted by molar-refractivity contribution is 5.76. The molecular formula is C21H27N3O3. The van der Waals surface area contributed by atoms with Gasteiger partial charge in [0.25, 0.3) is 0 Å². The van der Waals surface area contributed by atoms with Crippen molar-refractivity contribution in [1.82, 2.24) is 15.8 Å². The Morgan fingerprint density at radius 3 is 2.89 bits per heavy atom. The van der Waals surface area contributed by atoms with Crippen molar-refractivity contribution in [1.29, 1.82) is 0 Å². The van der Waals surface area contributed by atoms with Crippen molar-refractivity contribution in [3.8, 4) is 5.75 Å². The van der Waals surface area contributed by atoms with Gasteiger partial charge in [0.15, 0.2) is 5.76 Å². The molecule has 1 aromatic heterocycles. The Labute approximate surface area is 159 Å². The third kappa shape index (κ3) is 5.32. The summed E-state index contributed by atoms with van der Waals surface area (Å²) in [5.74, 6) is 2.53. The number of carbonyl (C=O) groups excluding carboxylic acids is 1. The standard InChI is InChI=1S/C21H27N3O3/c25-21(23-17-6-7-17)11-15-8-9-22-13-16(15)10-18-12-20(27-24-18)14-26-19-4-2-1-3-5-19/h1-5,12,15-17,22H,6-11,13-14H2,(H,23,25). The summed E-state index contributed by atoms with van der Waals surface area (Å²) in [7, 11) is 0. The molecule has 144 valence electrons. The molecule has 2 aromatic rings. The van der Waals surface area contributed by atoms with Crippen molar-refractivity contribution in [2.24, 2.45) is 11.8 Å². The van der Waals surface area contributed by atoms with Crippen LogP contribution in [0.15, 0.2) is 40.9 Å². The number of carbonyl (C=O) groups is 1. The lowest BCUT2D eigenvalue weighted by Crippen LogP contribution is -2.40. The minimum Gasteiger partial charge on any atom is -0.486 e. The van der Waals surface area contributed by atoms with Crippen LogP contribution in [0.1, 0.15) is 37.1 Å². The number of aromatic nitrogens is 1. The van der Waals surface area contributed by atoms with E-state index < -0.39 is 0 Å². The van der Waals surface area contributed by atoms with Gasteiger partial charge in [-0.3, -0.25) is 4.79 Å². The second-order valence-electron chi connectivity index (χ2n) is 7.65. The first-order chi connectivity index (χ1) is 13.3. The minimum atomic E-state index is 0.200. The van der Waals surface area contributed by atoms with Gasteiger partial charge in [0, 0.05) is 18.5 Å². The number of piperidine rings is 1. The molecule has 6 heteroatoms. The number of amides is 1. The van der Waals surface area contributed by atoms with Crippen LogP contribution < -0.4 is 15.4 Å². The van der Waals surface area contributed by atoms with E-state index in [0.29, 0.717) is 30.9 Å². The van der Waals surface area contributed by atoms with Gasteiger partial charge in [0.05, 0.1) is 5.69 Å². The molecule has 1 aromatic carbocycles. The summed E-state index contributed by atoms with van der Waals surface area (Å²) in [5.41, 5.74) is 0.933. The summed E-state index contributed by atoms with van der Waals surface area (Å²) >= 11 is 0. The molecule has 1 amide bonds. The van der Waals surface area contributed by atoms with Gasteiger partial charge in [-0.2, -0.15) is 0 Å². The van der Waals surface area contributed by atoms with Crippen LogP contribution in [0, 0.1) is 11.8 Å². The maximum Gasteiger partial charge on any atom is 0.220 e. The summed E-state index contributed by atoms with van der Waals surface area (Å²) in [4.78, 5) is 12.2. The van der Waals surface area contributed by atoms with Gasteiger partial charge in [-0.05, 0) is 62.7 Å². The maximum absolute atomic E-state index is 12.2. The fraction of sp³-hybridized carbons (Fsp3) is 0.524. The molecule has 1 saturated carbocycles. The Hall–Kier alpha value is -2.34. The summed E-state index contributed by atoms with van der Waals surface area (Å²) in [6.07, 6.45) is 4.74. The lowest BCUT2D eigenvalue weighted by molar-refractivity contribution is -0.122. The van der Waals surface area contributed by atoms with Crippen molar-refractivity contribution in [3.63, 3.8) is 0 Å². The Morgan fingerprint density at radius 1 is 1.22 bits per heavy atom. The molecule has 1 saturated heterocycles. The molecule has 2 fully saturated rings. The van der Waals surface area contributed by atoms with E-state index in [1.807, 2.05) is 36.4 Å². The van der Waals surface area contributed by atoms with Crippen LogP contribution in [-0.2, 0) is 17.8 Å². The molecule has 0 bridgehead atoms. The highest BCUT2D eigenvalue weighted by Crippen LogP contribution is 2.27. The molecule has 2 heterocycles. The Kier molecular flexibility index (Phi) is 5.72. The van der Waals surface area contributed by atoms with Gasteiger partial charge in [-0.25, -0.2) is 0 Å². The van der Waals surface area contributed by atoms with E-state index >= 15 is 0 Å². The van der Waals surface area contributed by atoms with Gasteiger partial charge in [0.1, 0.15) is 12.4 Å². The highest BCUT2D eigenvalue weighted by Gasteiger charge is 2.30. The predicted octanol–water partition coefficient (Wildman–Crippen LogP) is 2.69. The fourth-order valence-electron chi connectivity index (χ4n) is 3.70. The topological polar surface area (TPSA) is 76.4 Å². The predicted molar refractivity (Wildman–Crippen MR) is 101 cm³/mol. The molecule has 0 spiro atoms. The second kappa shape index (κ2) is 8.57. The van der Waals surface area contributed by atoms with Gasteiger partial charge < -0.3 is 19.9 Å². The lowest BCUT2D eigenvalue weighted by atomic mass is 9.81. The van der Waals surface area contributed by atoms with Crippen LogP contribution in [0.3, 0.4) is 0 Å². The average Bonchev–Trinajstić information content (AvgIpc) is 3.38. The van der Waals surface area contributed by atoms with E-state index in [-0.39, 0.29) is 5.91 Å². The van der Waals surface area contributed by atoms with Crippen molar-refractivity contribution in [2.75, 3.05) is 13.1 Å². The smallest absolute Gasteiger partial charge is 0.220 e. The average molecular weight is 369 g/mol. The van der Waals surface area contributed by atoms with Crippen LogP contribution >= 0.6 is 0 Å². The molecule has 2 unspecified atom stereocenters. The first kappa shape index (κ1) is 18.0. The molecule has 2 N–H and O–H groups in total. The van der Waals surface area contributed by atoms with E-state index in [4.69, 9.17) is 9.26 Å². The second-order valence-corrected chi connectivity index (χ2v) is 7.65. The number of para-hydroxylation sites is 1. The van der Waals surface area contributed by atoms with E-state index in [9.17, 15) is 4.79 Å². The lowest BCUT2D eigenvalue weighted by Gasteiger charge is -2.31. The van der Waals surface area contributed by atoms with Crippen molar-refractivity contribution < 1.29 is 14.1 Å². The number of nitrogens with zero attached hydrogens (tertiary/aromatic N) is 1. The Bertz CT molecular complexity index is 742. The summed E-state index contributed by atoms with van der Waals surface area (Å²) in [6.45, 7) is 2.27. The first-order valence-corrected chi connectivity index (χ1v) is 9.88. The number of ether oxygens (including phenoxy) is 1. The van der Waals surface area contributed by atoms with E-state index in [1.54, 1.807) is 0 Å². The van der Waals surface area contributed by atoms with E-state index in [2.05, 4.69) is 15.8 Å². The largest absolute Gasteiger partial charge is 0.486 e. The number of nitrogens with one attached hydrogen (secondary N) is 2. The summed E-state index contributed by atoms with van der Waals surface area (Å²) in [6, 6.07) is 12.1. The number of benzene rings is 1. The van der Waals surface area contributed by atoms with Gasteiger partial charge in [-0.1, -0.05) is 23.4 Å². The monoisotopic (exact) mass is 369 g/mol. The molecular weight excluding hydrogens is 342 g/mol. The maximum atomic E-state index is 12.2. The summed E-state index contributed by atoms with van der Waals surface area (Å²) in [5, 5.41) is 10.8. The Balaban J connectivity index is 1.30. The third-order valence-corrected chi connectivity index (χ3v) is 5.36. The molecule has 2 aliphatic rings. The molecule has 27 heavy (non-hydrogen) atoms. The molecule has 6 nitrogen and oxygen atoms in total. The van der Waals surface area contributed by atoms with Crippen LogP contribution in [-0.4, -0.2) is 30.2 Å². The summed E-state index contributed by atoms with van der Waals surface area (Å²) < 4.78 is 11.1. The van der Waals surface area contributed by atoms with Gasteiger partial charge in [-0.15, -0.1) is 0 Å². The Morgan fingerprint density at radius 2 is 2.07 bits per heavy atom. The van der Waals surface area contributed by atoms with Crippen molar-refractivity contribution in [3.05, 3.63) is 47.9 Å². The van der Waals surface area contributed by atoms with Crippen molar-refractivity contribution >= 4 is 5.91 Å². The third-order valence-electron chi connectivity index (χ3n) is 5.36. The van der Waals surface area contributed by atoms with Gasteiger partial charge >= 0.3 is 0 Å². The molecule has 0 radical (unpaired) electrons. The van der Waals surface area contributed by atoms with Crippen LogP contribution in [0.2, 0.25) is 0 Å². The molecule has 2 atom stereocenters. The minimum absolute atomic E-state index is 0.200. The molecule has 1 aliphatic carbocycles. The number of hydrogen-bond donors (Lipinski definition) is 2. The quantitative estimate of drug-likeness (QED) is 0.748. The van der Waals surface area contributed by atoms with Crippen LogP contribution in [0.4, 0.5) is 0 Å². The van der Waals surface area contributed by atoms with Crippen LogP contribution in [0.25, 0.3) is 0 Å². The molecule has 4 rings (SSSR count). The van der Waals surface area contributed by atoms with Crippen molar-refractivity contribution in [2.45, 2.75) is 44.8 Å². The molecule has 1 aliphatic heterocycles. The fourth-order valence-corrected chi connectivity index (χ4v) is 3.70. The number of hydrogen-bond acceptors (Lipinski definition) is 5. The SMILES string of the molecule is O=C(CC1CCNCC1Cc1cc(COc2ccccc2)on1)NC1CC1. The number of rotatable bonds is 8. The van der Waals surface area contributed by atoms with Crippen LogP contribution in [0.5, 0.6) is 5.75 Å². The zero-order valence-electron chi connectivity index (χ0n) is 15.5. The zero-order chi connectivity index (χ0) is 18.5. The highest BCUT2D eigenvalue weighted by atomic mass is 16.5. The van der Waals surface area contributed by atoms with E-state index in [0.717, 1.165) is 56.0 Å². The first-order valence-electron chi connectivity index (χ1n) is 9.88. The zero-order valence-corrected chi connectivity index (χ0v) is 15.5.